The predicted molar refractivity (Wildman–Crippen MR) is 129 cm³/mol. The highest BCUT2D eigenvalue weighted by atomic mass is 32.2. The molecule has 0 atom stereocenters. The fourth-order valence-electron chi connectivity index (χ4n) is 4.14. The minimum atomic E-state index is -3.81. The summed E-state index contributed by atoms with van der Waals surface area (Å²) in [6.07, 6.45) is 0. The van der Waals surface area contributed by atoms with Gasteiger partial charge in [-0.05, 0) is 46.7 Å². The maximum Gasteiger partial charge on any atom is 0.243 e. The SMILES string of the molecule is COc1ccc2cc(S(=O)(=O)N3CCN(Cc4cccc(-c5noc(C)n5)c4)C(=O)C3)ccc2c1. The van der Waals surface area contributed by atoms with Crippen LogP contribution in [0.15, 0.2) is 70.1 Å². The number of hydrogen-bond acceptors (Lipinski definition) is 7. The van der Waals surface area contributed by atoms with Gasteiger partial charge in [-0.25, -0.2) is 8.42 Å². The summed E-state index contributed by atoms with van der Waals surface area (Å²) in [7, 11) is -2.23. The molecule has 9 nitrogen and oxygen atoms in total. The summed E-state index contributed by atoms with van der Waals surface area (Å²) in [5, 5.41) is 5.60. The van der Waals surface area contributed by atoms with Crippen molar-refractivity contribution in [2.75, 3.05) is 26.7 Å². The van der Waals surface area contributed by atoms with Crippen LogP contribution in [0.3, 0.4) is 0 Å². The molecule has 5 rings (SSSR count). The molecule has 180 valence electrons. The van der Waals surface area contributed by atoms with Crippen LogP contribution in [0.25, 0.3) is 22.2 Å². The number of rotatable bonds is 6. The number of piperazine rings is 1. The summed E-state index contributed by atoms with van der Waals surface area (Å²) in [5.74, 6) is 1.42. The zero-order valence-electron chi connectivity index (χ0n) is 19.3. The Kier molecular flexibility index (Phi) is 6.00. The molecule has 10 heteroatoms. The van der Waals surface area contributed by atoms with Crippen LogP contribution in [0.4, 0.5) is 0 Å². The van der Waals surface area contributed by atoms with Crippen LogP contribution >= 0.6 is 0 Å². The third-order valence-corrected chi connectivity index (χ3v) is 7.87. The van der Waals surface area contributed by atoms with E-state index in [4.69, 9.17) is 9.26 Å². The molecule has 1 saturated heterocycles. The van der Waals surface area contributed by atoms with E-state index in [1.807, 2.05) is 36.4 Å². The molecule has 0 unspecified atom stereocenters. The number of aromatic nitrogens is 2. The van der Waals surface area contributed by atoms with Gasteiger partial charge in [-0.3, -0.25) is 4.79 Å². The molecule has 1 aliphatic heterocycles. The molecule has 3 aromatic carbocycles. The summed E-state index contributed by atoms with van der Waals surface area (Å²) < 4.78 is 38.1. The topological polar surface area (TPSA) is 106 Å². The molecule has 35 heavy (non-hydrogen) atoms. The third kappa shape index (κ3) is 4.62. The summed E-state index contributed by atoms with van der Waals surface area (Å²) in [5.41, 5.74) is 1.70. The fraction of sp³-hybridized carbons (Fsp3) is 0.240. The largest absolute Gasteiger partial charge is 0.497 e. The lowest BCUT2D eigenvalue weighted by atomic mass is 10.1. The Balaban J connectivity index is 1.30. The van der Waals surface area contributed by atoms with Gasteiger partial charge in [0.1, 0.15) is 5.75 Å². The Bertz CT molecular complexity index is 1520. The van der Waals surface area contributed by atoms with Gasteiger partial charge in [0.2, 0.25) is 27.6 Å². The number of carbonyl (C=O) groups excluding carboxylic acids is 1. The number of aryl methyl sites for hydroxylation is 1. The first-order valence-corrected chi connectivity index (χ1v) is 12.5. The Morgan fingerprint density at radius 1 is 1.03 bits per heavy atom. The van der Waals surface area contributed by atoms with Crippen molar-refractivity contribution >= 4 is 26.7 Å². The van der Waals surface area contributed by atoms with Crippen LogP contribution in [-0.2, 0) is 21.4 Å². The molecule has 1 aromatic heterocycles. The van der Waals surface area contributed by atoms with Gasteiger partial charge >= 0.3 is 0 Å². The number of methoxy groups -OCH3 is 1. The van der Waals surface area contributed by atoms with E-state index in [-0.39, 0.29) is 23.9 Å². The van der Waals surface area contributed by atoms with Crippen molar-refractivity contribution in [2.45, 2.75) is 18.4 Å². The first-order valence-electron chi connectivity index (χ1n) is 11.1. The number of ether oxygens (including phenoxy) is 1. The van der Waals surface area contributed by atoms with Crippen molar-refractivity contribution in [2.24, 2.45) is 0 Å². The van der Waals surface area contributed by atoms with Crippen molar-refractivity contribution in [1.82, 2.24) is 19.3 Å². The van der Waals surface area contributed by atoms with E-state index in [1.54, 1.807) is 43.2 Å². The molecule has 1 aliphatic rings. The first kappa shape index (κ1) is 23.0. The quantitative estimate of drug-likeness (QED) is 0.407. The van der Waals surface area contributed by atoms with E-state index in [2.05, 4.69) is 10.1 Å². The monoisotopic (exact) mass is 492 g/mol. The molecule has 0 radical (unpaired) electrons. The summed E-state index contributed by atoms with van der Waals surface area (Å²) >= 11 is 0. The van der Waals surface area contributed by atoms with E-state index >= 15 is 0 Å². The number of sulfonamides is 1. The van der Waals surface area contributed by atoms with Gasteiger partial charge in [0.25, 0.3) is 0 Å². The maximum absolute atomic E-state index is 13.3. The van der Waals surface area contributed by atoms with Crippen LogP contribution in [0.1, 0.15) is 11.5 Å². The smallest absolute Gasteiger partial charge is 0.243 e. The van der Waals surface area contributed by atoms with Crippen LogP contribution in [0, 0.1) is 6.92 Å². The Morgan fingerprint density at radius 3 is 2.57 bits per heavy atom. The predicted octanol–water partition coefficient (Wildman–Crippen LogP) is 3.24. The lowest BCUT2D eigenvalue weighted by molar-refractivity contribution is -0.134. The Morgan fingerprint density at radius 2 is 1.83 bits per heavy atom. The Hall–Kier alpha value is -3.76. The average molecular weight is 493 g/mol. The number of carbonyl (C=O) groups is 1. The van der Waals surface area contributed by atoms with E-state index in [9.17, 15) is 13.2 Å². The molecule has 0 bridgehead atoms. The number of nitrogens with zero attached hydrogens (tertiary/aromatic N) is 4. The van der Waals surface area contributed by atoms with Gasteiger partial charge < -0.3 is 14.2 Å². The van der Waals surface area contributed by atoms with E-state index in [0.717, 1.165) is 21.9 Å². The fourth-order valence-corrected chi connectivity index (χ4v) is 5.56. The second kappa shape index (κ2) is 9.12. The van der Waals surface area contributed by atoms with Gasteiger partial charge in [-0.15, -0.1) is 0 Å². The average Bonchev–Trinajstić information content (AvgIpc) is 3.31. The summed E-state index contributed by atoms with van der Waals surface area (Å²) in [6.45, 7) is 2.41. The first-order chi connectivity index (χ1) is 16.8. The van der Waals surface area contributed by atoms with E-state index < -0.39 is 10.0 Å². The van der Waals surface area contributed by atoms with E-state index in [0.29, 0.717) is 30.6 Å². The third-order valence-electron chi connectivity index (χ3n) is 6.03. The van der Waals surface area contributed by atoms with Crippen molar-refractivity contribution in [3.63, 3.8) is 0 Å². The lowest BCUT2D eigenvalue weighted by Crippen LogP contribution is -2.51. The second-order valence-electron chi connectivity index (χ2n) is 8.37. The normalized spacial score (nSPS) is 15.0. The van der Waals surface area contributed by atoms with Crippen molar-refractivity contribution < 1.29 is 22.5 Å². The van der Waals surface area contributed by atoms with Crippen molar-refractivity contribution in [3.05, 3.63) is 72.1 Å². The second-order valence-corrected chi connectivity index (χ2v) is 10.3. The molecule has 0 saturated carbocycles. The van der Waals surface area contributed by atoms with Gasteiger partial charge in [-0.2, -0.15) is 9.29 Å². The molecule has 0 spiro atoms. The number of fused-ring (bicyclic) bond motifs is 1. The van der Waals surface area contributed by atoms with Crippen LogP contribution < -0.4 is 4.74 Å². The van der Waals surface area contributed by atoms with Gasteiger partial charge in [0.05, 0.1) is 18.6 Å². The van der Waals surface area contributed by atoms with Gasteiger partial charge in [0, 0.05) is 32.1 Å². The highest BCUT2D eigenvalue weighted by Crippen LogP contribution is 2.26. The highest BCUT2D eigenvalue weighted by molar-refractivity contribution is 7.89. The molecular formula is C25H24N4O5S. The van der Waals surface area contributed by atoms with Crippen LogP contribution in [0.5, 0.6) is 5.75 Å². The molecule has 0 N–H and O–H groups in total. The maximum atomic E-state index is 13.3. The highest BCUT2D eigenvalue weighted by Gasteiger charge is 2.33. The van der Waals surface area contributed by atoms with E-state index in [1.165, 1.54) is 4.31 Å². The summed E-state index contributed by atoms with van der Waals surface area (Å²) in [6, 6.07) is 18.0. The van der Waals surface area contributed by atoms with Crippen LogP contribution in [-0.4, -0.2) is 60.4 Å². The zero-order valence-corrected chi connectivity index (χ0v) is 20.2. The van der Waals surface area contributed by atoms with Crippen molar-refractivity contribution in [3.8, 4) is 17.1 Å². The molecule has 4 aromatic rings. The number of benzene rings is 3. The summed E-state index contributed by atoms with van der Waals surface area (Å²) in [4.78, 5) is 19.0. The molecule has 2 heterocycles. The molecule has 1 amide bonds. The standard InChI is InChI=1S/C25H24N4O5S/c1-17-26-25(27-34-17)21-5-3-4-18(12-21)15-28-10-11-29(16-24(28)30)35(31,32)23-9-7-19-13-22(33-2)8-6-20(19)14-23/h3-9,12-14H,10-11,15-16H2,1-2H3. The minimum absolute atomic E-state index is 0.166. The van der Waals surface area contributed by atoms with Crippen LogP contribution in [0.2, 0.25) is 0 Å². The van der Waals surface area contributed by atoms with Gasteiger partial charge in [0.15, 0.2) is 0 Å². The van der Waals surface area contributed by atoms with Crippen molar-refractivity contribution in [1.29, 1.82) is 0 Å². The Labute approximate surface area is 203 Å². The minimum Gasteiger partial charge on any atom is -0.497 e. The number of amides is 1. The molecule has 1 fully saturated rings. The molecular weight excluding hydrogens is 468 g/mol. The number of hydrogen-bond donors (Lipinski definition) is 0. The lowest BCUT2D eigenvalue weighted by Gasteiger charge is -2.33. The molecule has 0 aliphatic carbocycles. The zero-order chi connectivity index (χ0) is 24.6. The van der Waals surface area contributed by atoms with Gasteiger partial charge in [-0.1, -0.05) is 35.5 Å².